The molecule has 108 valence electrons. The summed E-state index contributed by atoms with van der Waals surface area (Å²) in [6, 6.07) is 9.63. The van der Waals surface area contributed by atoms with E-state index in [-0.39, 0.29) is 0 Å². The minimum atomic E-state index is 0.400. The van der Waals surface area contributed by atoms with Crippen LogP contribution >= 0.6 is 0 Å². The topological polar surface area (TPSA) is 57.6 Å². The predicted molar refractivity (Wildman–Crippen MR) is 77.9 cm³/mol. The van der Waals surface area contributed by atoms with Crippen LogP contribution in [0.2, 0.25) is 0 Å². The van der Waals surface area contributed by atoms with Gasteiger partial charge >= 0.3 is 0 Å². The molecule has 2 N–H and O–H groups in total. The van der Waals surface area contributed by atoms with Gasteiger partial charge in [-0.25, -0.2) is 0 Å². The normalized spacial score (nSPS) is 10.6. The molecule has 0 saturated heterocycles. The molecule has 4 heteroatoms. The standard InChI is InChI=1S/C16H21NO3/c1-3-8-18-15-6-4-5-7-16(15)19-11-13-9-14(10-17)20-12(13)2/h4-7,9H,3,8,10-11,17H2,1-2H3. The van der Waals surface area contributed by atoms with Gasteiger partial charge in [0, 0.05) is 5.56 Å². The summed E-state index contributed by atoms with van der Waals surface area (Å²) < 4.78 is 17.0. The number of hydrogen-bond acceptors (Lipinski definition) is 4. The van der Waals surface area contributed by atoms with Crippen LogP contribution in [0.25, 0.3) is 0 Å². The van der Waals surface area contributed by atoms with Gasteiger partial charge in [-0.3, -0.25) is 0 Å². The average molecular weight is 275 g/mol. The summed E-state index contributed by atoms with van der Waals surface area (Å²) in [5, 5.41) is 0. The third-order valence-electron chi connectivity index (χ3n) is 2.97. The molecule has 20 heavy (non-hydrogen) atoms. The van der Waals surface area contributed by atoms with Crippen LogP contribution in [0.3, 0.4) is 0 Å². The fourth-order valence-corrected chi connectivity index (χ4v) is 1.89. The Morgan fingerprint density at radius 1 is 1.15 bits per heavy atom. The zero-order chi connectivity index (χ0) is 14.4. The quantitative estimate of drug-likeness (QED) is 0.841. The number of ether oxygens (including phenoxy) is 2. The van der Waals surface area contributed by atoms with E-state index in [1.807, 2.05) is 37.3 Å². The van der Waals surface area contributed by atoms with Crippen LogP contribution in [0.4, 0.5) is 0 Å². The van der Waals surface area contributed by atoms with Gasteiger partial charge in [0.1, 0.15) is 18.1 Å². The van der Waals surface area contributed by atoms with Crippen molar-refractivity contribution < 1.29 is 13.9 Å². The molecule has 1 aromatic heterocycles. The van der Waals surface area contributed by atoms with Crippen molar-refractivity contribution in [3.05, 3.63) is 47.4 Å². The summed E-state index contributed by atoms with van der Waals surface area (Å²) in [4.78, 5) is 0. The van der Waals surface area contributed by atoms with Gasteiger partial charge in [-0.15, -0.1) is 0 Å². The summed E-state index contributed by atoms with van der Waals surface area (Å²) in [6.07, 6.45) is 0.967. The smallest absolute Gasteiger partial charge is 0.161 e. The number of furan rings is 1. The molecule has 0 bridgehead atoms. The third-order valence-corrected chi connectivity index (χ3v) is 2.97. The highest BCUT2D eigenvalue weighted by Gasteiger charge is 2.09. The maximum atomic E-state index is 5.83. The molecule has 0 amide bonds. The molecular formula is C16H21NO3. The van der Waals surface area contributed by atoms with Gasteiger partial charge in [-0.05, 0) is 31.5 Å². The molecule has 0 aliphatic rings. The number of para-hydroxylation sites is 2. The SMILES string of the molecule is CCCOc1ccccc1OCc1cc(CN)oc1C. The zero-order valence-corrected chi connectivity index (χ0v) is 12.0. The Morgan fingerprint density at radius 3 is 2.45 bits per heavy atom. The molecular weight excluding hydrogens is 254 g/mol. The van der Waals surface area contributed by atoms with Crippen molar-refractivity contribution in [2.24, 2.45) is 5.73 Å². The molecule has 1 heterocycles. The fourth-order valence-electron chi connectivity index (χ4n) is 1.89. The number of aryl methyl sites for hydroxylation is 1. The van der Waals surface area contributed by atoms with Gasteiger partial charge in [-0.2, -0.15) is 0 Å². The van der Waals surface area contributed by atoms with Crippen LogP contribution in [0.5, 0.6) is 11.5 Å². The lowest BCUT2D eigenvalue weighted by Crippen LogP contribution is -2.00. The van der Waals surface area contributed by atoms with Gasteiger partial charge in [-0.1, -0.05) is 19.1 Å². The Labute approximate surface area is 119 Å². The van der Waals surface area contributed by atoms with Crippen LogP contribution in [0.1, 0.15) is 30.4 Å². The predicted octanol–water partition coefficient (Wildman–Crippen LogP) is 3.41. The van der Waals surface area contributed by atoms with E-state index in [1.165, 1.54) is 0 Å². The van der Waals surface area contributed by atoms with Gasteiger partial charge in [0.25, 0.3) is 0 Å². The maximum absolute atomic E-state index is 5.83. The van der Waals surface area contributed by atoms with E-state index in [0.29, 0.717) is 19.8 Å². The first-order valence-corrected chi connectivity index (χ1v) is 6.87. The number of nitrogens with two attached hydrogens (primary N) is 1. The molecule has 0 spiro atoms. The first kappa shape index (κ1) is 14.5. The van der Waals surface area contributed by atoms with E-state index >= 15 is 0 Å². The summed E-state index contributed by atoms with van der Waals surface area (Å²) >= 11 is 0. The number of rotatable bonds is 7. The van der Waals surface area contributed by atoms with Crippen molar-refractivity contribution in [2.45, 2.75) is 33.4 Å². The lowest BCUT2D eigenvalue weighted by Gasteiger charge is -2.11. The van der Waals surface area contributed by atoms with Crippen molar-refractivity contribution in [2.75, 3.05) is 6.61 Å². The second kappa shape index (κ2) is 7.01. The Hall–Kier alpha value is -1.94. The first-order valence-electron chi connectivity index (χ1n) is 6.87. The molecule has 2 rings (SSSR count). The Kier molecular flexibility index (Phi) is 5.07. The number of benzene rings is 1. The maximum Gasteiger partial charge on any atom is 0.161 e. The van der Waals surface area contributed by atoms with E-state index in [4.69, 9.17) is 19.6 Å². The van der Waals surface area contributed by atoms with Crippen LogP contribution in [-0.4, -0.2) is 6.61 Å². The van der Waals surface area contributed by atoms with Crippen LogP contribution in [0, 0.1) is 6.92 Å². The number of hydrogen-bond donors (Lipinski definition) is 1. The van der Waals surface area contributed by atoms with E-state index in [9.17, 15) is 0 Å². The summed E-state index contributed by atoms with van der Waals surface area (Å²) in [5.41, 5.74) is 6.57. The largest absolute Gasteiger partial charge is 0.490 e. The summed E-state index contributed by atoms with van der Waals surface area (Å²) in [7, 11) is 0. The Morgan fingerprint density at radius 2 is 1.85 bits per heavy atom. The highest BCUT2D eigenvalue weighted by Crippen LogP contribution is 2.28. The molecule has 0 saturated carbocycles. The summed E-state index contributed by atoms with van der Waals surface area (Å²) in [5.74, 6) is 3.14. The molecule has 4 nitrogen and oxygen atoms in total. The van der Waals surface area contributed by atoms with Crippen LogP contribution in [-0.2, 0) is 13.2 Å². The molecule has 0 fully saturated rings. The molecule has 0 aliphatic heterocycles. The second-order valence-electron chi connectivity index (χ2n) is 4.58. The lowest BCUT2D eigenvalue weighted by molar-refractivity contribution is 0.260. The first-order chi connectivity index (χ1) is 9.74. The van der Waals surface area contributed by atoms with Crippen molar-refractivity contribution in [3.8, 4) is 11.5 Å². The molecule has 0 aliphatic carbocycles. The second-order valence-corrected chi connectivity index (χ2v) is 4.58. The van der Waals surface area contributed by atoms with Crippen molar-refractivity contribution >= 4 is 0 Å². The molecule has 0 atom stereocenters. The minimum absolute atomic E-state index is 0.400. The summed E-state index contributed by atoms with van der Waals surface area (Å²) in [6.45, 7) is 5.52. The molecule has 1 aromatic carbocycles. The van der Waals surface area contributed by atoms with Crippen LogP contribution < -0.4 is 15.2 Å². The van der Waals surface area contributed by atoms with Gasteiger partial charge in [0.15, 0.2) is 11.5 Å². The van der Waals surface area contributed by atoms with Crippen molar-refractivity contribution in [3.63, 3.8) is 0 Å². The highest BCUT2D eigenvalue weighted by molar-refractivity contribution is 5.39. The van der Waals surface area contributed by atoms with Crippen molar-refractivity contribution in [1.29, 1.82) is 0 Å². The van der Waals surface area contributed by atoms with E-state index in [0.717, 1.165) is 35.0 Å². The zero-order valence-electron chi connectivity index (χ0n) is 12.0. The molecule has 2 aromatic rings. The average Bonchev–Trinajstić information content (AvgIpc) is 2.84. The third kappa shape index (κ3) is 3.54. The van der Waals surface area contributed by atoms with E-state index in [2.05, 4.69) is 6.92 Å². The molecule has 0 radical (unpaired) electrons. The Bertz CT molecular complexity index is 548. The molecule has 0 unspecified atom stereocenters. The van der Waals surface area contributed by atoms with Crippen LogP contribution in [0.15, 0.2) is 34.7 Å². The van der Waals surface area contributed by atoms with Gasteiger partial charge in [0.05, 0.1) is 13.2 Å². The highest BCUT2D eigenvalue weighted by atomic mass is 16.5. The van der Waals surface area contributed by atoms with Crippen molar-refractivity contribution in [1.82, 2.24) is 0 Å². The monoisotopic (exact) mass is 275 g/mol. The van der Waals surface area contributed by atoms with Gasteiger partial charge in [0.2, 0.25) is 0 Å². The minimum Gasteiger partial charge on any atom is -0.490 e. The van der Waals surface area contributed by atoms with E-state index < -0.39 is 0 Å². The van der Waals surface area contributed by atoms with Gasteiger partial charge < -0.3 is 19.6 Å². The Balaban J connectivity index is 2.04. The fraction of sp³-hybridized carbons (Fsp3) is 0.375. The lowest BCUT2D eigenvalue weighted by atomic mass is 10.2. The van der Waals surface area contributed by atoms with E-state index in [1.54, 1.807) is 0 Å².